The van der Waals surface area contributed by atoms with Crippen LogP contribution in [0.4, 0.5) is 0 Å². The Morgan fingerprint density at radius 3 is 0.880 bits per heavy atom. The van der Waals surface area contributed by atoms with Crippen LogP contribution >= 0.6 is 15.9 Å². The van der Waals surface area contributed by atoms with E-state index in [0.717, 1.165) is 42.7 Å². The number of hydrogen-bond donors (Lipinski definition) is 2. The van der Waals surface area contributed by atoms with Crippen LogP contribution in [-0.4, -0.2) is 17.2 Å². The molecule has 0 aliphatic rings. The van der Waals surface area contributed by atoms with Crippen molar-refractivity contribution in [3.63, 3.8) is 0 Å². The van der Waals surface area contributed by atoms with Crippen molar-refractivity contribution < 1.29 is 10.0 Å². The lowest BCUT2D eigenvalue weighted by molar-refractivity contribution is 0.426. The van der Waals surface area contributed by atoms with Crippen LogP contribution in [0.3, 0.4) is 0 Å². The lowest BCUT2D eigenvalue weighted by atomic mass is 9.72. The minimum absolute atomic E-state index is 0.552. The van der Waals surface area contributed by atoms with E-state index in [0.29, 0.717) is 5.46 Å². The largest absolute Gasteiger partial charge is 0.489 e. The van der Waals surface area contributed by atoms with Crippen molar-refractivity contribution in [3.8, 4) is 55.6 Å². The zero-order valence-electron chi connectivity index (χ0n) is 50.2. The predicted molar refractivity (Wildman–Crippen MR) is 399 cm³/mol. The molecule has 92 heavy (non-hydrogen) atoms. The van der Waals surface area contributed by atoms with Crippen molar-refractivity contribution in [3.05, 3.63) is 344 Å². The Kier molecular flexibility index (Phi) is 14.7. The first-order valence-electron chi connectivity index (χ1n) is 31.3. The topological polar surface area (TPSA) is 40.5 Å². The fourth-order valence-electron chi connectivity index (χ4n) is 14.1. The smallest absolute Gasteiger partial charge is 0.423 e. The maximum atomic E-state index is 10.2. The molecule has 18 aromatic carbocycles. The zero-order valence-corrected chi connectivity index (χ0v) is 51.8. The highest BCUT2D eigenvalue weighted by atomic mass is 79.9. The second-order valence-corrected chi connectivity index (χ2v) is 24.7. The number of benzene rings is 18. The molecule has 0 atom stereocenters. The summed E-state index contributed by atoms with van der Waals surface area (Å²) in [5.74, 6) is 0. The van der Waals surface area contributed by atoms with E-state index in [1.54, 1.807) is 0 Å². The molecule has 0 bridgehead atoms. The summed E-state index contributed by atoms with van der Waals surface area (Å²) in [7, 11) is -1.54. The average Bonchev–Trinajstić information content (AvgIpc) is 0.758. The third kappa shape index (κ3) is 10.4. The van der Waals surface area contributed by atoms with E-state index in [1.165, 1.54) is 125 Å². The zero-order chi connectivity index (χ0) is 61.7. The van der Waals surface area contributed by atoms with Crippen molar-refractivity contribution in [1.29, 1.82) is 0 Å². The van der Waals surface area contributed by atoms with Crippen molar-refractivity contribution >= 4 is 136 Å². The monoisotopic (exact) mass is 1240 g/mol. The molecule has 432 valence electrons. The van der Waals surface area contributed by atoms with Gasteiger partial charge in [0.1, 0.15) is 0 Å². The van der Waals surface area contributed by atoms with Gasteiger partial charge in [-0.3, -0.25) is 0 Å². The molecule has 0 aliphatic heterocycles. The SMILES string of the molecule is Brc1ccc2ccc3ccccc3c2c1.OB(O)c1c2ccccc2c(-c2cccc(-c3ccc4ccccc4c3)c2)c2ccccc12.c1cc(-c2ccc3ccccc3c2)cc(-c2c3ccccc3c(-c3ccc4ccc5ccccc5c4c3)c3ccccc23)c1. The summed E-state index contributed by atoms with van der Waals surface area (Å²) in [6.45, 7) is 0. The van der Waals surface area contributed by atoms with Gasteiger partial charge in [-0.15, -0.1) is 0 Å². The second-order valence-electron chi connectivity index (χ2n) is 23.8. The van der Waals surface area contributed by atoms with Gasteiger partial charge in [0.25, 0.3) is 0 Å². The molecule has 0 spiro atoms. The van der Waals surface area contributed by atoms with Crippen LogP contribution < -0.4 is 5.46 Å². The Hall–Kier alpha value is -11.0. The Labute approximate surface area is 542 Å². The third-order valence-electron chi connectivity index (χ3n) is 18.4. The van der Waals surface area contributed by atoms with E-state index in [9.17, 15) is 10.0 Å². The molecular formula is C88H58BBrO2. The Morgan fingerprint density at radius 2 is 0.457 bits per heavy atom. The van der Waals surface area contributed by atoms with E-state index < -0.39 is 7.12 Å². The van der Waals surface area contributed by atoms with Gasteiger partial charge in [-0.25, -0.2) is 0 Å². The van der Waals surface area contributed by atoms with Gasteiger partial charge in [0.05, 0.1) is 0 Å². The first-order valence-corrected chi connectivity index (χ1v) is 32.1. The standard InChI is InChI=1S/C44H28.C30H21BO2.C14H9Br/c1-2-12-32-26-34(24-20-29(32)10-1)33-13-9-14-35(27-33)43-38-16-5-7-18-40(38)44(41-19-8-6-17-39(41)43)36-25-23-31-22-21-30-11-3-4-15-37(30)42(31)28-36;32-31(33)30-27-14-5-3-12-25(27)29(26-13-4-6-15-28(26)30)24-11-7-10-22(19-24)23-17-16-20-8-1-2-9-21(20)18-23;15-12-8-7-11-6-5-10-3-1-2-4-13(10)14(11)9-12/h1-28H;1-19,32-33H;1-9H. The molecule has 0 aliphatic carbocycles. The molecule has 2 nitrogen and oxygen atoms in total. The summed E-state index contributed by atoms with van der Waals surface area (Å²) in [6, 6.07) is 121. The maximum Gasteiger partial charge on any atom is 0.489 e. The van der Waals surface area contributed by atoms with Crippen LogP contribution in [-0.2, 0) is 0 Å². The molecule has 0 saturated carbocycles. The summed E-state index contributed by atoms with van der Waals surface area (Å²) >= 11 is 3.52. The van der Waals surface area contributed by atoms with Crippen molar-refractivity contribution in [2.24, 2.45) is 0 Å². The Bertz CT molecular complexity index is 5800. The summed E-state index contributed by atoms with van der Waals surface area (Å²) in [5, 5.41) is 44.6. The molecule has 0 saturated heterocycles. The highest BCUT2D eigenvalue weighted by Gasteiger charge is 2.23. The van der Waals surface area contributed by atoms with E-state index in [2.05, 4.69) is 319 Å². The van der Waals surface area contributed by atoms with Crippen LogP contribution in [0.2, 0.25) is 0 Å². The highest BCUT2D eigenvalue weighted by Crippen LogP contribution is 2.46. The molecule has 0 fully saturated rings. The molecule has 0 amide bonds. The number of fused-ring (bicyclic) bond motifs is 12. The fourth-order valence-corrected chi connectivity index (χ4v) is 14.4. The second kappa shape index (κ2) is 24.1. The van der Waals surface area contributed by atoms with Crippen LogP contribution in [0.15, 0.2) is 344 Å². The first kappa shape index (κ1) is 56.3. The Balaban J connectivity index is 0.000000123. The molecule has 0 unspecified atom stereocenters. The number of hydrogen-bond acceptors (Lipinski definition) is 2. The minimum atomic E-state index is -1.54. The van der Waals surface area contributed by atoms with Crippen molar-refractivity contribution in [2.45, 2.75) is 0 Å². The number of rotatable bonds is 6. The molecule has 0 aromatic heterocycles. The molecule has 18 aromatic rings. The van der Waals surface area contributed by atoms with E-state index in [1.807, 2.05) is 36.4 Å². The summed E-state index contributed by atoms with van der Waals surface area (Å²) in [5.41, 5.74) is 12.6. The van der Waals surface area contributed by atoms with Gasteiger partial charge >= 0.3 is 7.12 Å². The quantitative estimate of drug-likeness (QED) is 0.0990. The fraction of sp³-hybridized carbons (Fsp3) is 0. The third-order valence-corrected chi connectivity index (χ3v) is 18.9. The molecule has 0 heterocycles. The normalized spacial score (nSPS) is 11.4. The van der Waals surface area contributed by atoms with Crippen LogP contribution in [0.5, 0.6) is 0 Å². The molecule has 18 rings (SSSR count). The number of halogens is 1. The predicted octanol–water partition coefficient (Wildman–Crippen LogP) is 23.4. The van der Waals surface area contributed by atoms with Gasteiger partial charge < -0.3 is 10.0 Å². The van der Waals surface area contributed by atoms with Crippen molar-refractivity contribution in [2.75, 3.05) is 0 Å². The van der Waals surface area contributed by atoms with Crippen molar-refractivity contribution in [1.82, 2.24) is 0 Å². The highest BCUT2D eigenvalue weighted by molar-refractivity contribution is 9.10. The summed E-state index contributed by atoms with van der Waals surface area (Å²) in [4.78, 5) is 0. The lowest BCUT2D eigenvalue weighted by Gasteiger charge is -2.18. The first-order chi connectivity index (χ1) is 45.4. The van der Waals surface area contributed by atoms with Crippen LogP contribution in [0, 0.1) is 0 Å². The molecule has 4 heteroatoms. The molecular weight excluding hydrogens is 1180 g/mol. The van der Waals surface area contributed by atoms with Crippen LogP contribution in [0.25, 0.3) is 163 Å². The van der Waals surface area contributed by atoms with Gasteiger partial charge in [0.15, 0.2) is 0 Å². The lowest BCUT2D eigenvalue weighted by Crippen LogP contribution is -2.31. The summed E-state index contributed by atoms with van der Waals surface area (Å²) in [6.07, 6.45) is 0. The van der Waals surface area contributed by atoms with Gasteiger partial charge in [-0.1, -0.05) is 313 Å². The van der Waals surface area contributed by atoms with E-state index in [-0.39, 0.29) is 0 Å². The Morgan fingerprint density at radius 1 is 0.185 bits per heavy atom. The molecule has 0 radical (unpaired) electrons. The summed E-state index contributed by atoms with van der Waals surface area (Å²) < 4.78 is 1.13. The van der Waals surface area contributed by atoms with Gasteiger partial charge in [-0.2, -0.15) is 0 Å². The van der Waals surface area contributed by atoms with Gasteiger partial charge in [-0.05, 0) is 211 Å². The van der Waals surface area contributed by atoms with E-state index >= 15 is 0 Å². The maximum absolute atomic E-state index is 10.2. The van der Waals surface area contributed by atoms with Crippen LogP contribution in [0.1, 0.15) is 0 Å². The van der Waals surface area contributed by atoms with Gasteiger partial charge in [0.2, 0.25) is 0 Å². The van der Waals surface area contributed by atoms with Gasteiger partial charge in [0, 0.05) is 4.47 Å². The minimum Gasteiger partial charge on any atom is -0.423 e. The van der Waals surface area contributed by atoms with E-state index in [4.69, 9.17) is 0 Å². The molecule has 2 N–H and O–H groups in total. The average molecular weight is 1240 g/mol.